The van der Waals surface area contributed by atoms with Crippen LogP contribution < -0.4 is 10.4 Å². The Hall–Kier alpha value is -2.74. The highest BCUT2D eigenvalue weighted by Gasteiger charge is 2.25. The Morgan fingerprint density at radius 1 is 1.17 bits per heavy atom. The van der Waals surface area contributed by atoms with Crippen LogP contribution >= 0.6 is 11.3 Å². The van der Waals surface area contributed by atoms with Gasteiger partial charge < -0.3 is 15.2 Å². The lowest BCUT2D eigenvalue weighted by Gasteiger charge is -2.13. The fourth-order valence-electron chi connectivity index (χ4n) is 2.87. The maximum atomic E-state index is 12.4. The van der Waals surface area contributed by atoms with E-state index >= 15 is 0 Å². The fraction of sp³-hybridized carbons (Fsp3) is 0.250. The third-order valence-electron chi connectivity index (χ3n) is 3.95. The predicted molar refractivity (Wildman–Crippen MR) is 86.3 cm³/mol. The lowest BCUT2D eigenvalue weighted by Crippen LogP contribution is -2.25. The highest BCUT2D eigenvalue weighted by molar-refractivity contribution is 7.17. The van der Waals surface area contributed by atoms with E-state index in [1.807, 2.05) is 0 Å². The quantitative estimate of drug-likeness (QED) is 0.674. The number of anilines is 1. The molecule has 24 heavy (non-hydrogen) atoms. The Bertz CT molecular complexity index is 843. The smallest absolute Gasteiger partial charge is 0.282 e. The second kappa shape index (κ2) is 6.40. The second-order valence-corrected chi connectivity index (χ2v) is 6.54. The average Bonchev–Trinajstić information content (AvgIpc) is 2.92. The standard InChI is InChI=1S/C16H14N2O5S/c19-14(9-5-1-3-7-11(9)18(22)23)17-15-13(16(20)21)10-6-2-4-8-12(10)24-15/h1,3,5,7H,2,4,6,8H2,(H,17,19)(H,20,21)/p-1. The van der Waals surface area contributed by atoms with Crippen molar-refractivity contribution < 1.29 is 19.6 Å². The molecule has 3 rings (SSSR count). The van der Waals surface area contributed by atoms with Crippen molar-refractivity contribution >= 4 is 33.9 Å². The highest BCUT2D eigenvalue weighted by atomic mass is 32.1. The summed E-state index contributed by atoms with van der Waals surface area (Å²) in [7, 11) is 0. The molecule has 0 atom stereocenters. The molecule has 2 aromatic rings. The molecule has 8 heteroatoms. The van der Waals surface area contributed by atoms with Gasteiger partial charge in [0.05, 0.1) is 10.9 Å². The molecule has 0 spiro atoms. The van der Waals surface area contributed by atoms with Crippen molar-refractivity contribution in [3.8, 4) is 0 Å². The van der Waals surface area contributed by atoms with Crippen LogP contribution in [0.4, 0.5) is 10.7 Å². The second-order valence-electron chi connectivity index (χ2n) is 5.43. The SMILES string of the molecule is O=C(Nc1sc2c(c1C(=O)[O-])CCCC2)c1ccccc1[N+](=O)[O-]. The molecule has 1 heterocycles. The molecule has 124 valence electrons. The lowest BCUT2D eigenvalue weighted by atomic mass is 9.95. The highest BCUT2D eigenvalue weighted by Crippen LogP contribution is 2.38. The van der Waals surface area contributed by atoms with Gasteiger partial charge in [-0.3, -0.25) is 14.9 Å². The molecule has 0 aliphatic heterocycles. The zero-order valence-corrected chi connectivity index (χ0v) is 13.4. The number of nitro benzene ring substituents is 1. The van der Waals surface area contributed by atoms with Crippen LogP contribution in [0.25, 0.3) is 0 Å². The molecule has 1 aromatic heterocycles. The van der Waals surface area contributed by atoms with Crippen LogP contribution in [0.5, 0.6) is 0 Å². The lowest BCUT2D eigenvalue weighted by molar-refractivity contribution is -0.385. The summed E-state index contributed by atoms with van der Waals surface area (Å²) in [4.78, 5) is 35.2. The van der Waals surface area contributed by atoms with Gasteiger partial charge in [0.15, 0.2) is 0 Å². The van der Waals surface area contributed by atoms with E-state index in [-0.39, 0.29) is 21.8 Å². The maximum Gasteiger partial charge on any atom is 0.282 e. The molecule has 1 amide bonds. The van der Waals surface area contributed by atoms with Crippen molar-refractivity contribution in [2.75, 3.05) is 5.32 Å². The van der Waals surface area contributed by atoms with Crippen LogP contribution in [0, 0.1) is 10.1 Å². The van der Waals surface area contributed by atoms with Gasteiger partial charge in [0.25, 0.3) is 11.6 Å². The van der Waals surface area contributed by atoms with Crippen molar-refractivity contribution in [1.82, 2.24) is 0 Å². The van der Waals surface area contributed by atoms with Gasteiger partial charge in [0.2, 0.25) is 0 Å². The van der Waals surface area contributed by atoms with Gasteiger partial charge >= 0.3 is 0 Å². The van der Waals surface area contributed by atoms with Crippen molar-refractivity contribution in [2.24, 2.45) is 0 Å². The van der Waals surface area contributed by atoms with E-state index in [2.05, 4.69) is 5.32 Å². The van der Waals surface area contributed by atoms with E-state index in [1.165, 1.54) is 35.6 Å². The number of benzene rings is 1. The van der Waals surface area contributed by atoms with Crippen LogP contribution in [0.2, 0.25) is 0 Å². The Kier molecular flexibility index (Phi) is 4.30. The summed E-state index contributed by atoms with van der Waals surface area (Å²) in [6.45, 7) is 0. The van der Waals surface area contributed by atoms with Gasteiger partial charge in [-0.05, 0) is 37.3 Å². The van der Waals surface area contributed by atoms with Gasteiger partial charge in [-0.2, -0.15) is 0 Å². The van der Waals surface area contributed by atoms with Crippen molar-refractivity contribution in [1.29, 1.82) is 0 Å². The van der Waals surface area contributed by atoms with E-state index in [0.29, 0.717) is 12.0 Å². The number of hydrogen-bond donors (Lipinski definition) is 1. The molecular weight excluding hydrogens is 332 g/mol. The molecule has 0 radical (unpaired) electrons. The normalized spacial score (nSPS) is 13.2. The van der Waals surface area contributed by atoms with Gasteiger partial charge in [0.1, 0.15) is 10.6 Å². The minimum absolute atomic E-state index is 0.00151. The van der Waals surface area contributed by atoms with Crippen LogP contribution in [-0.2, 0) is 12.8 Å². The number of hydrogen-bond acceptors (Lipinski definition) is 6. The van der Waals surface area contributed by atoms with Crippen molar-refractivity contribution in [3.63, 3.8) is 0 Å². The molecule has 0 bridgehead atoms. The predicted octanol–water partition coefficient (Wildman–Crippen LogP) is 2.15. The summed E-state index contributed by atoms with van der Waals surface area (Å²) < 4.78 is 0. The van der Waals surface area contributed by atoms with E-state index in [1.54, 1.807) is 0 Å². The monoisotopic (exact) mass is 345 g/mol. The number of carbonyl (C=O) groups is 2. The van der Waals surface area contributed by atoms with Gasteiger partial charge in [0, 0.05) is 16.5 Å². The number of para-hydroxylation sites is 1. The maximum absolute atomic E-state index is 12.4. The Morgan fingerprint density at radius 2 is 1.88 bits per heavy atom. The summed E-state index contributed by atoms with van der Waals surface area (Å²) in [5, 5.41) is 25.2. The first-order valence-corrected chi connectivity index (χ1v) is 8.21. The number of nitrogens with one attached hydrogen (secondary N) is 1. The minimum atomic E-state index is -1.34. The fourth-order valence-corrected chi connectivity index (χ4v) is 4.14. The average molecular weight is 345 g/mol. The molecule has 1 aromatic carbocycles. The largest absolute Gasteiger partial charge is 0.545 e. The molecule has 0 saturated heterocycles. The summed E-state index contributed by atoms with van der Waals surface area (Å²) in [6.07, 6.45) is 3.26. The number of carbonyl (C=O) groups excluding carboxylic acids is 2. The number of thiophene rings is 1. The van der Waals surface area contributed by atoms with Crippen LogP contribution in [0.15, 0.2) is 24.3 Å². The Morgan fingerprint density at radius 3 is 2.58 bits per heavy atom. The molecule has 7 nitrogen and oxygen atoms in total. The summed E-state index contributed by atoms with van der Waals surface area (Å²) in [5.74, 6) is -2.05. The van der Waals surface area contributed by atoms with Crippen LogP contribution in [0.1, 0.15) is 44.0 Å². The molecule has 1 N–H and O–H groups in total. The zero-order chi connectivity index (χ0) is 17.3. The number of aromatic carboxylic acids is 1. The molecule has 1 aliphatic carbocycles. The molecule has 0 fully saturated rings. The number of nitrogens with zero attached hydrogens (tertiary/aromatic N) is 1. The Labute approximate surface area is 141 Å². The van der Waals surface area contributed by atoms with Crippen molar-refractivity contribution in [2.45, 2.75) is 25.7 Å². The summed E-state index contributed by atoms with van der Waals surface area (Å²) in [5.41, 5.74) is 0.273. The molecule has 1 aliphatic rings. The van der Waals surface area contributed by atoms with E-state index in [4.69, 9.17) is 0 Å². The molecule has 0 saturated carbocycles. The first-order chi connectivity index (χ1) is 11.5. The summed E-state index contributed by atoms with van der Waals surface area (Å²) in [6, 6.07) is 5.54. The number of aryl methyl sites for hydroxylation is 1. The first kappa shape index (κ1) is 16.1. The number of rotatable bonds is 4. The zero-order valence-electron chi connectivity index (χ0n) is 12.5. The van der Waals surface area contributed by atoms with E-state index < -0.39 is 16.8 Å². The van der Waals surface area contributed by atoms with Gasteiger partial charge in [-0.25, -0.2) is 0 Å². The number of nitro groups is 1. The summed E-state index contributed by atoms with van der Waals surface area (Å²) >= 11 is 1.20. The van der Waals surface area contributed by atoms with Gasteiger partial charge in [-0.15, -0.1) is 11.3 Å². The Balaban J connectivity index is 1.97. The topological polar surface area (TPSA) is 112 Å². The number of carboxylic acids is 1. The third-order valence-corrected chi connectivity index (χ3v) is 5.16. The number of carboxylic acid groups (broad SMARTS) is 1. The minimum Gasteiger partial charge on any atom is -0.545 e. The third kappa shape index (κ3) is 2.88. The first-order valence-electron chi connectivity index (χ1n) is 7.39. The van der Waals surface area contributed by atoms with Crippen LogP contribution in [0.3, 0.4) is 0 Å². The number of amides is 1. The van der Waals surface area contributed by atoms with Gasteiger partial charge in [-0.1, -0.05) is 12.1 Å². The van der Waals surface area contributed by atoms with E-state index in [9.17, 15) is 24.8 Å². The molecular formula is C16H13N2O5S-. The van der Waals surface area contributed by atoms with Crippen LogP contribution in [-0.4, -0.2) is 16.8 Å². The number of fused-ring (bicyclic) bond motifs is 1. The van der Waals surface area contributed by atoms with E-state index in [0.717, 1.165) is 24.1 Å². The van der Waals surface area contributed by atoms with Crippen molar-refractivity contribution in [3.05, 3.63) is 55.9 Å². The molecule has 0 unspecified atom stereocenters.